The number of carbonyl (C=O) groups excluding carboxylic acids is 2. The van der Waals surface area contributed by atoms with Crippen LogP contribution in [0.15, 0.2) is 42.5 Å². The van der Waals surface area contributed by atoms with E-state index in [1.165, 1.54) is 35.2 Å². The first-order valence-electron chi connectivity index (χ1n) is 12.3. The molecule has 0 bridgehead atoms. The highest BCUT2D eigenvalue weighted by Crippen LogP contribution is 2.34. The Bertz CT molecular complexity index is 1190. The summed E-state index contributed by atoms with van der Waals surface area (Å²) in [6.45, 7) is 4.45. The van der Waals surface area contributed by atoms with Gasteiger partial charge in [-0.05, 0) is 42.7 Å². The lowest BCUT2D eigenvalue weighted by atomic mass is 10.1. The summed E-state index contributed by atoms with van der Waals surface area (Å²) in [4.78, 5) is 28.1. The topological polar surface area (TPSA) is 105 Å². The standard InChI is InChI=1S/C26H34FN3O6S/c1-4-6-13-28-26(32)22(5-2)29(17-19-7-9-20(27)10-8-19)25(31)18-30(37(3,33)34)21-11-12-23-24(16-21)36-15-14-35-23/h7-12,16,22H,4-6,13-15,17-18H2,1-3H3,(H,28,32). The van der Waals surface area contributed by atoms with Crippen molar-refractivity contribution in [3.05, 3.63) is 53.8 Å². The van der Waals surface area contributed by atoms with E-state index in [4.69, 9.17) is 9.47 Å². The van der Waals surface area contributed by atoms with E-state index >= 15 is 0 Å². The normalized spacial score (nSPS) is 13.5. The number of amides is 2. The van der Waals surface area contributed by atoms with Gasteiger partial charge in [-0.25, -0.2) is 12.8 Å². The molecule has 0 fully saturated rings. The molecule has 2 aromatic carbocycles. The molecular weight excluding hydrogens is 501 g/mol. The second kappa shape index (κ2) is 12.8. The third-order valence-electron chi connectivity index (χ3n) is 5.97. The van der Waals surface area contributed by atoms with E-state index < -0.39 is 34.3 Å². The number of unbranched alkanes of at least 4 members (excludes halogenated alkanes) is 1. The number of carbonyl (C=O) groups is 2. The minimum Gasteiger partial charge on any atom is -0.486 e. The van der Waals surface area contributed by atoms with E-state index in [9.17, 15) is 22.4 Å². The highest BCUT2D eigenvalue weighted by molar-refractivity contribution is 7.92. The summed E-state index contributed by atoms with van der Waals surface area (Å²) in [7, 11) is -3.88. The molecule has 0 aliphatic carbocycles. The van der Waals surface area contributed by atoms with Crippen LogP contribution in [0.25, 0.3) is 0 Å². The number of rotatable bonds is 12. The lowest BCUT2D eigenvalue weighted by Gasteiger charge is -2.33. The van der Waals surface area contributed by atoms with Gasteiger partial charge in [0.2, 0.25) is 21.8 Å². The molecule has 202 valence electrons. The van der Waals surface area contributed by atoms with Gasteiger partial charge in [-0.1, -0.05) is 32.4 Å². The summed E-state index contributed by atoms with van der Waals surface area (Å²) in [5.74, 6) is -0.441. The summed E-state index contributed by atoms with van der Waals surface area (Å²) >= 11 is 0. The van der Waals surface area contributed by atoms with Crippen LogP contribution in [0, 0.1) is 5.82 Å². The average molecular weight is 536 g/mol. The van der Waals surface area contributed by atoms with Gasteiger partial charge in [-0.15, -0.1) is 0 Å². The largest absolute Gasteiger partial charge is 0.486 e. The fourth-order valence-electron chi connectivity index (χ4n) is 4.01. The van der Waals surface area contributed by atoms with Crippen LogP contribution in [0.1, 0.15) is 38.7 Å². The Balaban J connectivity index is 1.92. The van der Waals surface area contributed by atoms with Gasteiger partial charge in [0.25, 0.3) is 0 Å². The third-order valence-corrected chi connectivity index (χ3v) is 7.12. The molecule has 1 heterocycles. The van der Waals surface area contributed by atoms with E-state index in [1.807, 2.05) is 6.92 Å². The first kappa shape index (κ1) is 28.2. The molecular formula is C26H34FN3O6S. The van der Waals surface area contributed by atoms with E-state index in [2.05, 4.69) is 5.32 Å². The number of halogens is 1. The minimum absolute atomic E-state index is 0.0115. The van der Waals surface area contributed by atoms with Crippen molar-refractivity contribution in [3.63, 3.8) is 0 Å². The lowest BCUT2D eigenvalue weighted by Crippen LogP contribution is -2.52. The molecule has 2 aromatic rings. The Morgan fingerprint density at radius 3 is 2.35 bits per heavy atom. The number of nitrogens with one attached hydrogen (secondary N) is 1. The third kappa shape index (κ3) is 7.58. The van der Waals surface area contributed by atoms with Gasteiger partial charge in [0.1, 0.15) is 31.6 Å². The predicted octanol–water partition coefficient (Wildman–Crippen LogP) is 3.09. The van der Waals surface area contributed by atoms with E-state index in [0.29, 0.717) is 43.2 Å². The Morgan fingerprint density at radius 1 is 1.05 bits per heavy atom. The van der Waals surface area contributed by atoms with Crippen molar-refractivity contribution in [2.24, 2.45) is 0 Å². The van der Waals surface area contributed by atoms with Crippen LogP contribution in [0.2, 0.25) is 0 Å². The van der Waals surface area contributed by atoms with Crippen molar-refractivity contribution < 1.29 is 31.9 Å². The fourth-order valence-corrected chi connectivity index (χ4v) is 4.85. The highest BCUT2D eigenvalue weighted by Gasteiger charge is 2.32. The van der Waals surface area contributed by atoms with Crippen LogP contribution in [-0.4, -0.2) is 63.7 Å². The quantitative estimate of drug-likeness (QED) is 0.419. The maximum Gasteiger partial charge on any atom is 0.244 e. The second-order valence-electron chi connectivity index (χ2n) is 8.81. The number of benzene rings is 2. The van der Waals surface area contributed by atoms with E-state index in [1.54, 1.807) is 19.1 Å². The van der Waals surface area contributed by atoms with Gasteiger partial charge in [0, 0.05) is 19.2 Å². The number of nitrogens with zero attached hydrogens (tertiary/aromatic N) is 2. The van der Waals surface area contributed by atoms with Crippen molar-refractivity contribution in [2.45, 2.75) is 45.7 Å². The van der Waals surface area contributed by atoms with E-state index in [-0.39, 0.29) is 18.1 Å². The second-order valence-corrected chi connectivity index (χ2v) is 10.7. The fraction of sp³-hybridized carbons (Fsp3) is 0.462. The Kier molecular flexibility index (Phi) is 9.73. The van der Waals surface area contributed by atoms with Crippen molar-refractivity contribution in [1.29, 1.82) is 0 Å². The number of fused-ring (bicyclic) bond motifs is 1. The smallest absolute Gasteiger partial charge is 0.244 e. The maximum absolute atomic E-state index is 13.7. The maximum atomic E-state index is 13.7. The Morgan fingerprint density at radius 2 is 1.73 bits per heavy atom. The molecule has 1 N–H and O–H groups in total. The predicted molar refractivity (Wildman–Crippen MR) is 139 cm³/mol. The minimum atomic E-state index is -3.88. The Hall–Kier alpha value is -3.34. The number of hydrogen-bond donors (Lipinski definition) is 1. The molecule has 0 saturated carbocycles. The zero-order chi connectivity index (χ0) is 27.0. The lowest BCUT2D eigenvalue weighted by molar-refractivity contribution is -0.140. The Labute approximate surface area is 217 Å². The molecule has 11 heteroatoms. The molecule has 0 spiro atoms. The molecule has 2 amide bonds. The molecule has 0 aromatic heterocycles. The summed E-state index contributed by atoms with van der Waals surface area (Å²) < 4.78 is 51.1. The summed E-state index contributed by atoms with van der Waals surface area (Å²) in [5.41, 5.74) is 0.849. The summed E-state index contributed by atoms with van der Waals surface area (Å²) in [6.07, 6.45) is 3.01. The van der Waals surface area contributed by atoms with Gasteiger partial charge < -0.3 is 19.7 Å². The van der Waals surface area contributed by atoms with Gasteiger partial charge in [-0.2, -0.15) is 0 Å². The first-order chi connectivity index (χ1) is 17.6. The number of ether oxygens (including phenoxy) is 2. The van der Waals surface area contributed by atoms with Gasteiger partial charge in [0.15, 0.2) is 11.5 Å². The summed E-state index contributed by atoms with van der Waals surface area (Å²) in [6, 6.07) is 9.44. The van der Waals surface area contributed by atoms with Crippen molar-refractivity contribution in [3.8, 4) is 11.5 Å². The first-order valence-corrected chi connectivity index (χ1v) is 14.2. The van der Waals surface area contributed by atoms with Crippen molar-refractivity contribution in [1.82, 2.24) is 10.2 Å². The zero-order valence-corrected chi connectivity index (χ0v) is 22.2. The van der Waals surface area contributed by atoms with Crippen molar-refractivity contribution in [2.75, 3.05) is 36.9 Å². The number of sulfonamides is 1. The molecule has 3 rings (SSSR count). The molecule has 9 nitrogen and oxygen atoms in total. The number of anilines is 1. The monoisotopic (exact) mass is 535 g/mol. The van der Waals surface area contributed by atoms with Crippen LogP contribution in [-0.2, 0) is 26.2 Å². The van der Waals surface area contributed by atoms with Gasteiger partial charge >= 0.3 is 0 Å². The molecule has 1 unspecified atom stereocenters. The van der Waals surface area contributed by atoms with Crippen LogP contribution in [0.3, 0.4) is 0 Å². The molecule has 1 aliphatic rings. The summed E-state index contributed by atoms with van der Waals surface area (Å²) in [5, 5.41) is 2.86. The zero-order valence-electron chi connectivity index (χ0n) is 21.4. The van der Waals surface area contributed by atoms with Gasteiger partial charge in [0.05, 0.1) is 11.9 Å². The molecule has 1 atom stereocenters. The molecule has 37 heavy (non-hydrogen) atoms. The van der Waals surface area contributed by atoms with Crippen LogP contribution in [0.4, 0.5) is 10.1 Å². The molecule has 1 aliphatic heterocycles. The van der Waals surface area contributed by atoms with Crippen LogP contribution >= 0.6 is 0 Å². The SMILES string of the molecule is CCCCNC(=O)C(CC)N(Cc1ccc(F)cc1)C(=O)CN(c1ccc2c(c1)OCCO2)S(C)(=O)=O. The molecule has 0 radical (unpaired) electrons. The van der Waals surface area contributed by atoms with Crippen LogP contribution < -0.4 is 19.1 Å². The average Bonchev–Trinajstić information content (AvgIpc) is 2.87. The van der Waals surface area contributed by atoms with Gasteiger partial charge in [-0.3, -0.25) is 13.9 Å². The van der Waals surface area contributed by atoms with E-state index in [0.717, 1.165) is 23.4 Å². The highest BCUT2D eigenvalue weighted by atomic mass is 32.2. The number of hydrogen-bond acceptors (Lipinski definition) is 6. The van der Waals surface area contributed by atoms with Crippen LogP contribution in [0.5, 0.6) is 11.5 Å². The molecule has 0 saturated heterocycles. The van der Waals surface area contributed by atoms with Crippen molar-refractivity contribution >= 4 is 27.5 Å².